The lowest BCUT2D eigenvalue weighted by Gasteiger charge is -2.55. The van der Waals surface area contributed by atoms with E-state index in [0.717, 1.165) is 21.6 Å². The Kier molecular flexibility index (Phi) is 14.3. The van der Waals surface area contributed by atoms with Gasteiger partial charge in [0.05, 0.1) is 23.6 Å². The number of halogens is 1. The molecule has 0 radical (unpaired) electrons. The third-order valence-corrected chi connectivity index (χ3v) is 12.3. The van der Waals surface area contributed by atoms with Crippen LogP contribution in [0.25, 0.3) is 0 Å². The summed E-state index contributed by atoms with van der Waals surface area (Å²) >= 11 is 9.59. The molecule has 24 heteroatoms. The largest absolute Gasteiger partial charge is 0.477 e. The average molecular weight is 839 g/mol. The Labute approximate surface area is 330 Å². The summed E-state index contributed by atoms with van der Waals surface area (Å²) in [6, 6.07) is 8.65. The van der Waals surface area contributed by atoms with E-state index < -0.39 is 64.8 Å². The summed E-state index contributed by atoms with van der Waals surface area (Å²) in [7, 11) is 2.96. The first-order valence-corrected chi connectivity index (χ1v) is 19.5. The van der Waals surface area contributed by atoms with Gasteiger partial charge in [0.1, 0.15) is 28.9 Å². The maximum absolute atomic E-state index is 12.9. The number of ether oxygens (including phenoxy) is 1. The molecular formula is C31H35ClN10O10S3. The highest BCUT2D eigenvalue weighted by molar-refractivity contribution is 8.01. The van der Waals surface area contributed by atoms with Crippen LogP contribution in [0, 0.1) is 11.3 Å². The third-order valence-electron chi connectivity index (χ3n) is 8.64. The summed E-state index contributed by atoms with van der Waals surface area (Å²) < 4.78 is 6.83. The summed E-state index contributed by atoms with van der Waals surface area (Å²) in [4.78, 5) is 75.2. The summed E-state index contributed by atoms with van der Waals surface area (Å²) in [5.74, 6) is -3.82. The minimum atomic E-state index is -1.64. The number of tetrazole rings is 1. The molecule has 5 atom stereocenters. The van der Waals surface area contributed by atoms with Gasteiger partial charge >= 0.3 is 11.9 Å². The Bertz CT molecular complexity index is 1960. The number of fused-ring (bicyclic) bond motifs is 2. The predicted molar refractivity (Wildman–Crippen MR) is 197 cm³/mol. The van der Waals surface area contributed by atoms with Crippen molar-refractivity contribution in [1.82, 2.24) is 40.6 Å². The standard InChI is InChI=1S/C16H16ClN3O4.C15H17N7O5S3.H2O/c17-9-6-7-10-12(15(22)20(10)13(9)16(23)24)19-14(21)11(18)8-4-2-1-3-5-8;1-21-14(18-19-20-21)30-6-8-5-29-13-15(27-2,17-9(23)7-28-4-3-16)12(26)22(13)10(8)11(24)25;/h1-5,10-12H,6-7,18H2,(H,19,21)(H,23,24);13H,4-7H2,1-2H3,(H,17,23)(H,24,25);1H2/t10-,11-,12+;13-,15+;/m11./s1. The fourth-order valence-corrected chi connectivity index (χ4v) is 9.21. The number of nitrogens with two attached hydrogens (primary N) is 1. The van der Waals surface area contributed by atoms with Crippen molar-refractivity contribution in [2.24, 2.45) is 12.8 Å². The number of aromatic nitrogens is 4. The number of hydrogen-bond donors (Lipinski definition) is 5. The molecule has 20 nitrogen and oxygen atoms in total. The first-order chi connectivity index (χ1) is 25.8. The van der Waals surface area contributed by atoms with Gasteiger partial charge in [-0.25, -0.2) is 14.3 Å². The van der Waals surface area contributed by atoms with Crippen LogP contribution in [0.1, 0.15) is 24.4 Å². The Morgan fingerprint density at radius 1 is 1.18 bits per heavy atom. The van der Waals surface area contributed by atoms with Crippen LogP contribution in [-0.4, -0.2) is 135 Å². The van der Waals surface area contributed by atoms with E-state index in [1.807, 2.05) is 12.1 Å². The number of β-lactam (4-membered cyclic amide) rings is 2. The Morgan fingerprint density at radius 2 is 1.87 bits per heavy atom. The first-order valence-electron chi connectivity index (χ1n) is 15.9. The minimum absolute atomic E-state index is 0. The number of hydrogen-bond acceptors (Lipinski definition) is 15. The molecule has 294 valence electrons. The van der Waals surface area contributed by atoms with Gasteiger partial charge in [0, 0.05) is 30.7 Å². The molecule has 2 aromatic rings. The number of rotatable bonds is 13. The average Bonchev–Trinajstić information content (AvgIpc) is 3.58. The van der Waals surface area contributed by atoms with Crippen molar-refractivity contribution in [3.63, 3.8) is 0 Å². The molecule has 6 rings (SSSR count). The van der Waals surface area contributed by atoms with Gasteiger partial charge in [-0.1, -0.05) is 53.7 Å². The number of benzene rings is 1. The second-order valence-corrected chi connectivity index (χ2v) is 15.3. The number of thioether (sulfide) groups is 3. The summed E-state index contributed by atoms with van der Waals surface area (Å²) in [6.45, 7) is 0. The maximum atomic E-state index is 12.9. The lowest BCUT2D eigenvalue weighted by atomic mass is 9.86. The summed E-state index contributed by atoms with van der Waals surface area (Å²) in [5, 5.41) is 43.8. The molecule has 0 aliphatic carbocycles. The molecule has 2 fully saturated rings. The fourth-order valence-electron chi connectivity index (χ4n) is 6.05. The molecule has 2 saturated heterocycles. The van der Waals surface area contributed by atoms with Crippen molar-refractivity contribution in [3.8, 4) is 6.07 Å². The molecule has 55 heavy (non-hydrogen) atoms. The van der Waals surface area contributed by atoms with Crippen molar-refractivity contribution in [3.05, 3.63) is 57.9 Å². The first kappa shape index (κ1) is 43.0. The fraction of sp³-hybridized carbons (Fsp3) is 0.419. The molecule has 1 aromatic carbocycles. The van der Waals surface area contributed by atoms with E-state index in [4.69, 9.17) is 27.3 Å². The van der Waals surface area contributed by atoms with Gasteiger partial charge in [-0.05, 0) is 34.4 Å². The van der Waals surface area contributed by atoms with E-state index in [2.05, 4.69) is 26.2 Å². The van der Waals surface area contributed by atoms with Gasteiger partial charge in [-0.15, -0.1) is 28.6 Å². The monoisotopic (exact) mass is 838 g/mol. The van der Waals surface area contributed by atoms with Crippen molar-refractivity contribution < 1.29 is 49.2 Å². The smallest absolute Gasteiger partial charge is 0.353 e. The van der Waals surface area contributed by atoms with Gasteiger partial charge in [0.2, 0.25) is 17.0 Å². The Morgan fingerprint density at radius 3 is 2.47 bits per heavy atom. The summed E-state index contributed by atoms with van der Waals surface area (Å²) in [5.41, 5.74) is 5.14. The van der Waals surface area contributed by atoms with Gasteiger partial charge in [0.25, 0.3) is 17.5 Å². The lowest BCUT2D eigenvalue weighted by Crippen LogP contribution is -2.80. The highest BCUT2D eigenvalue weighted by atomic mass is 35.5. The SMILES string of the molecule is CO[C@@]1(NC(=O)CSCC#N)C(=O)N2C(C(=O)O)=C(CSc3nnnn3C)CS[C@@H]21.N[C@@H](C(=O)N[C@@H]1C(=O)N2C(C(=O)O)=C(Cl)CC[C@H]12)c1ccccc1.O. The van der Waals surface area contributed by atoms with Crippen molar-refractivity contribution >= 4 is 82.5 Å². The Balaban J connectivity index is 0.000000246. The zero-order valence-corrected chi connectivity index (χ0v) is 32.2. The van der Waals surface area contributed by atoms with Crippen LogP contribution < -0.4 is 16.4 Å². The predicted octanol–water partition coefficient (Wildman–Crippen LogP) is -0.842. The number of carbonyl (C=O) groups excluding carboxylic acids is 4. The number of allylic oxidation sites excluding steroid dienone is 1. The maximum Gasteiger partial charge on any atom is 0.353 e. The number of methoxy groups -OCH3 is 1. The molecule has 4 amide bonds. The number of aryl methyl sites for hydroxylation is 1. The van der Waals surface area contributed by atoms with Crippen LogP contribution in [0.15, 0.2) is 57.5 Å². The van der Waals surface area contributed by atoms with Crippen molar-refractivity contribution in [2.75, 3.05) is 30.1 Å². The van der Waals surface area contributed by atoms with Crippen molar-refractivity contribution in [2.45, 2.75) is 47.2 Å². The number of carboxylic acids is 2. The normalized spacial score (nSPS) is 23.0. The highest BCUT2D eigenvalue weighted by Crippen LogP contribution is 2.47. The van der Waals surface area contributed by atoms with Crippen LogP contribution in [0.4, 0.5) is 0 Å². The van der Waals surface area contributed by atoms with E-state index in [9.17, 15) is 39.0 Å². The zero-order valence-electron chi connectivity index (χ0n) is 29.0. The molecular weight excluding hydrogens is 804 g/mol. The van der Waals surface area contributed by atoms with E-state index in [-0.39, 0.29) is 39.2 Å². The molecule has 0 saturated carbocycles. The van der Waals surface area contributed by atoms with Gasteiger partial charge in [-0.3, -0.25) is 29.0 Å². The van der Waals surface area contributed by atoms with Crippen LogP contribution in [0.3, 0.4) is 0 Å². The van der Waals surface area contributed by atoms with Gasteiger partial charge in [-0.2, -0.15) is 5.26 Å². The van der Waals surface area contributed by atoms with Gasteiger partial charge < -0.3 is 36.8 Å². The Hall–Kier alpha value is -4.70. The summed E-state index contributed by atoms with van der Waals surface area (Å²) in [6.07, 6.45) is 0.849. The topological polar surface area (TPSA) is 308 Å². The van der Waals surface area contributed by atoms with Gasteiger partial charge in [0.15, 0.2) is 0 Å². The number of amides is 4. The second kappa shape index (κ2) is 18.3. The molecule has 4 aliphatic heterocycles. The number of carboxylic acid groups (broad SMARTS) is 2. The molecule has 0 unspecified atom stereocenters. The van der Waals surface area contributed by atoms with Crippen molar-refractivity contribution in [1.29, 1.82) is 5.26 Å². The lowest BCUT2D eigenvalue weighted by molar-refractivity contribution is -0.192. The molecule has 5 heterocycles. The molecule has 0 bridgehead atoms. The number of nitriles is 1. The highest BCUT2D eigenvalue weighted by Gasteiger charge is 2.66. The molecule has 8 N–H and O–H groups in total. The zero-order chi connectivity index (χ0) is 39.3. The number of carbonyl (C=O) groups is 6. The van der Waals surface area contributed by atoms with Crippen LogP contribution >= 0.6 is 46.9 Å². The van der Waals surface area contributed by atoms with Crippen LogP contribution in [0.2, 0.25) is 0 Å². The van der Waals surface area contributed by atoms with E-state index in [1.54, 1.807) is 31.3 Å². The van der Waals surface area contributed by atoms with Crippen LogP contribution in [0.5, 0.6) is 0 Å². The van der Waals surface area contributed by atoms with Crippen LogP contribution in [-0.2, 0) is 40.6 Å². The quantitative estimate of drug-likeness (QED) is 0.0711. The van der Waals surface area contributed by atoms with E-state index in [0.29, 0.717) is 34.9 Å². The number of nitrogens with zero attached hydrogens (tertiary/aromatic N) is 7. The third kappa shape index (κ3) is 8.59. The van der Waals surface area contributed by atoms with E-state index in [1.165, 1.54) is 35.3 Å². The second-order valence-electron chi connectivity index (χ2n) is 11.9. The number of nitrogens with one attached hydrogen (secondary N) is 2. The minimum Gasteiger partial charge on any atom is -0.477 e. The number of aliphatic carboxylic acids is 2. The van der Waals surface area contributed by atoms with E-state index >= 15 is 0 Å². The molecule has 4 aliphatic rings. The molecule has 1 aromatic heterocycles. The molecule has 0 spiro atoms.